The van der Waals surface area contributed by atoms with E-state index in [1.54, 1.807) is 0 Å². The third-order valence-electron chi connectivity index (χ3n) is 3.87. The lowest BCUT2D eigenvalue weighted by atomic mass is 10.0. The van der Waals surface area contributed by atoms with Gasteiger partial charge < -0.3 is 10.1 Å². The molecule has 0 spiro atoms. The second-order valence-electron chi connectivity index (χ2n) is 5.15. The summed E-state index contributed by atoms with van der Waals surface area (Å²) in [5, 5.41) is 3.58. The minimum absolute atomic E-state index is 0.721. The van der Waals surface area contributed by atoms with Crippen molar-refractivity contribution in [2.24, 2.45) is 5.92 Å². The highest BCUT2D eigenvalue weighted by atomic mass is 16.5. The summed E-state index contributed by atoms with van der Waals surface area (Å²) in [5.41, 5.74) is 0. The Labute approximate surface area is 93.2 Å². The Bertz CT molecular complexity index is 190. The average molecular weight is 212 g/mol. The first kappa shape index (κ1) is 11.4. The molecule has 0 bridgehead atoms. The molecule has 2 saturated heterocycles. The zero-order valence-electron chi connectivity index (χ0n) is 10.0. The fourth-order valence-corrected chi connectivity index (χ4v) is 2.86. The van der Waals surface area contributed by atoms with Crippen molar-refractivity contribution in [1.82, 2.24) is 10.2 Å². The molecule has 3 nitrogen and oxygen atoms in total. The van der Waals surface area contributed by atoms with Gasteiger partial charge in [0.05, 0.1) is 6.61 Å². The molecule has 3 heteroatoms. The van der Waals surface area contributed by atoms with Crippen LogP contribution in [0.5, 0.6) is 0 Å². The van der Waals surface area contributed by atoms with E-state index in [1.165, 1.54) is 38.9 Å². The molecule has 2 aliphatic rings. The Hall–Kier alpha value is -0.120. The molecule has 15 heavy (non-hydrogen) atoms. The Morgan fingerprint density at radius 2 is 2.20 bits per heavy atom. The zero-order chi connectivity index (χ0) is 10.7. The minimum atomic E-state index is 0.721. The van der Waals surface area contributed by atoms with Crippen LogP contribution in [-0.4, -0.2) is 50.3 Å². The molecular formula is C12H24N2O. The molecule has 1 N–H and O–H groups in total. The smallest absolute Gasteiger partial charge is 0.0503 e. The summed E-state index contributed by atoms with van der Waals surface area (Å²) in [4.78, 5) is 2.66. The topological polar surface area (TPSA) is 24.5 Å². The average Bonchev–Trinajstić information content (AvgIpc) is 2.68. The number of methoxy groups -OCH3 is 1. The molecule has 0 amide bonds. The summed E-state index contributed by atoms with van der Waals surface area (Å²) < 4.78 is 5.24. The summed E-state index contributed by atoms with van der Waals surface area (Å²) >= 11 is 0. The van der Waals surface area contributed by atoms with Gasteiger partial charge in [0.15, 0.2) is 0 Å². The monoisotopic (exact) mass is 212 g/mol. The van der Waals surface area contributed by atoms with E-state index in [4.69, 9.17) is 4.74 Å². The van der Waals surface area contributed by atoms with Crippen molar-refractivity contribution in [2.45, 2.75) is 38.3 Å². The van der Waals surface area contributed by atoms with Crippen LogP contribution in [0.1, 0.15) is 26.2 Å². The fraction of sp³-hybridized carbons (Fsp3) is 1.00. The van der Waals surface area contributed by atoms with Crippen LogP contribution in [0.2, 0.25) is 0 Å². The highest BCUT2D eigenvalue weighted by Gasteiger charge is 2.29. The van der Waals surface area contributed by atoms with Crippen LogP contribution in [0, 0.1) is 5.92 Å². The number of likely N-dealkylation sites (tertiary alicyclic amines) is 1. The van der Waals surface area contributed by atoms with Gasteiger partial charge in [-0.15, -0.1) is 0 Å². The molecule has 88 valence electrons. The summed E-state index contributed by atoms with van der Waals surface area (Å²) in [7, 11) is 1.81. The predicted molar refractivity (Wildman–Crippen MR) is 62.0 cm³/mol. The van der Waals surface area contributed by atoms with Gasteiger partial charge in [-0.2, -0.15) is 0 Å². The van der Waals surface area contributed by atoms with Crippen molar-refractivity contribution in [2.75, 3.05) is 33.4 Å². The molecule has 2 aliphatic heterocycles. The number of nitrogens with one attached hydrogen (secondary N) is 1. The largest absolute Gasteiger partial charge is 0.384 e. The standard InChI is InChI=1S/C12H24N2O/c1-10-3-4-12(7-13-10)14-6-5-11(8-14)9-15-2/h10-13H,3-9H2,1-2H3. The van der Waals surface area contributed by atoms with E-state index in [9.17, 15) is 0 Å². The minimum Gasteiger partial charge on any atom is -0.384 e. The third kappa shape index (κ3) is 2.92. The number of hydrogen-bond donors (Lipinski definition) is 1. The van der Waals surface area contributed by atoms with E-state index in [-0.39, 0.29) is 0 Å². The Morgan fingerprint density at radius 1 is 1.33 bits per heavy atom. The summed E-state index contributed by atoms with van der Waals surface area (Å²) in [6, 6.07) is 1.50. The van der Waals surface area contributed by atoms with Crippen LogP contribution in [0.15, 0.2) is 0 Å². The maximum Gasteiger partial charge on any atom is 0.0503 e. The Kier molecular flexibility index (Phi) is 4.00. The molecule has 0 aromatic rings. The van der Waals surface area contributed by atoms with Gasteiger partial charge >= 0.3 is 0 Å². The molecule has 3 atom stereocenters. The van der Waals surface area contributed by atoms with Crippen molar-refractivity contribution in [3.63, 3.8) is 0 Å². The molecule has 0 aromatic heterocycles. The van der Waals surface area contributed by atoms with Gasteiger partial charge in [-0.25, -0.2) is 0 Å². The second kappa shape index (κ2) is 5.28. The zero-order valence-corrected chi connectivity index (χ0v) is 10.0. The number of ether oxygens (including phenoxy) is 1. The Morgan fingerprint density at radius 3 is 2.87 bits per heavy atom. The molecule has 0 saturated carbocycles. The van der Waals surface area contributed by atoms with E-state index in [1.807, 2.05) is 7.11 Å². The lowest BCUT2D eigenvalue weighted by Crippen LogP contribution is -2.48. The van der Waals surface area contributed by atoms with E-state index >= 15 is 0 Å². The lowest BCUT2D eigenvalue weighted by Gasteiger charge is -2.34. The van der Waals surface area contributed by atoms with Gasteiger partial charge in [-0.3, -0.25) is 4.90 Å². The first-order valence-electron chi connectivity index (χ1n) is 6.26. The quantitative estimate of drug-likeness (QED) is 0.758. The molecule has 2 heterocycles. The van der Waals surface area contributed by atoms with Crippen LogP contribution >= 0.6 is 0 Å². The van der Waals surface area contributed by atoms with Gasteiger partial charge in [-0.05, 0) is 38.6 Å². The summed E-state index contributed by atoms with van der Waals surface area (Å²) in [5.74, 6) is 0.773. The van der Waals surface area contributed by atoms with Crippen LogP contribution in [0.4, 0.5) is 0 Å². The van der Waals surface area contributed by atoms with E-state index in [0.29, 0.717) is 0 Å². The second-order valence-corrected chi connectivity index (χ2v) is 5.15. The highest BCUT2D eigenvalue weighted by Crippen LogP contribution is 2.22. The van der Waals surface area contributed by atoms with Gasteiger partial charge in [0.25, 0.3) is 0 Å². The summed E-state index contributed by atoms with van der Waals surface area (Å²) in [6.07, 6.45) is 4.02. The molecular weight excluding hydrogens is 188 g/mol. The molecule has 0 aliphatic carbocycles. The molecule has 0 radical (unpaired) electrons. The molecule has 0 aromatic carbocycles. The van der Waals surface area contributed by atoms with Gasteiger partial charge in [0, 0.05) is 32.3 Å². The SMILES string of the molecule is COCC1CCN(C2CCC(C)NC2)C1. The van der Waals surface area contributed by atoms with Crippen molar-refractivity contribution in [3.8, 4) is 0 Å². The number of rotatable bonds is 3. The van der Waals surface area contributed by atoms with Crippen LogP contribution in [-0.2, 0) is 4.74 Å². The molecule has 2 rings (SSSR count). The maximum atomic E-state index is 5.24. The van der Waals surface area contributed by atoms with Crippen LogP contribution in [0.25, 0.3) is 0 Å². The van der Waals surface area contributed by atoms with E-state index in [2.05, 4.69) is 17.1 Å². The van der Waals surface area contributed by atoms with Crippen molar-refractivity contribution in [1.29, 1.82) is 0 Å². The van der Waals surface area contributed by atoms with Crippen molar-refractivity contribution >= 4 is 0 Å². The third-order valence-corrected chi connectivity index (χ3v) is 3.87. The van der Waals surface area contributed by atoms with Gasteiger partial charge in [-0.1, -0.05) is 0 Å². The van der Waals surface area contributed by atoms with Gasteiger partial charge in [0.1, 0.15) is 0 Å². The van der Waals surface area contributed by atoms with Crippen molar-refractivity contribution in [3.05, 3.63) is 0 Å². The number of nitrogens with zero attached hydrogens (tertiary/aromatic N) is 1. The summed E-state index contributed by atoms with van der Waals surface area (Å²) in [6.45, 7) is 6.92. The highest BCUT2D eigenvalue weighted by molar-refractivity contribution is 4.86. The van der Waals surface area contributed by atoms with Crippen LogP contribution in [0.3, 0.4) is 0 Å². The van der Waals surface area contributed by atoms with E-state index in [0.717, 1.165) is 24.6 Å². The molecule has 3 unspecified atom stereocenters. The van der Waals surface area contributed by atoms with Crippen molar-refractivity contribution < 1.29 is 4.74 Å². The van der Waals surface area contributed by atoms with E-state index < -0.39 is 0 Å². The maximum absolute atomic E-state index is 5.24. The first-order chi connectivity index (χ1) is 7.29. The first-order valence-corrected chi connectivity index (χ1v) is 6.26. The predicted octanol–water partition coefficient (Wildman–Crippen LogP) is 1.10. The fourth-order valence-electron chi connectivity index (χ4n) is 2.86. The molecule has 2 fully saturated rings. The van der Waals surface area contributed by atoms with Crippen LogP contribution < -0.4 is 5.32 Å². The Balaban J connectivity index is 1.75. The van der Waals surface area contributed by atoms with Gasteiger partial charge in [0.2, 0.25) is 0 Å². The lowest BCUT2D eigenvalue weighted by molar-refractivity contribution is 0.138. The number of piperidine rings is 1. The number of hydrogen-bond acceptors (Lipinski definition) is 3. The normalized spacial score (nSPS) is 38.4.